The van der Waals surface area contributed by atoms with E-state index in [0.29, 0.717) is 5.57 Å². The monoisotopic (exact) mass is 298 g/mol. The van der Waals surface area contributed by atoms with Crippen molar-refractivity contribution in [1.82, 2.24) is 0 Å². The molecule has 0 aliphatic rings. The Hall–Kier alpha value is -1.32. The average Bonchev–Trinajstić information content (AvgIpc) is 2.25. The second-order valence-corrected chi connectivity index (χ2v) is 7.35. The van der Waals surface area contributed by atoms with E-state index in [-0.39, 0.29) is 30.3 Å². The normalized spacial score (nSPS) is 14.5. The first-order valence-corrected chi connectivity index (χ1v) is 7.42. The van der Waals surface area contributed by atoms with Crippen molar-refractivity contribution < 1.29 is 19.1 Å². The van der Waals surface area contributed by atoms with Crippen molar-refractivity contribution in [1.29, 1.82) is 0 Å². The van der Waals surface area contributed by atoms with Gasteiger partial charge < -0.3 is 9.47 Å². The fraction of sp³-hybridized carbons (Fsp3) is 0.765. The van der Waals surface area contributed by atoms with Crippen LogP contribution in [0, 0.1) is 11.3 Å². The minimum absolute atomic E-state index is 0.0220. The molecule has 0 aromatic heterocycles. The Morgan fingerprint density at radius 3 is 2.05 bits per heavy atom. The third-order valence-corrected chi connectivity index (χ3v) is 3.34. The van der Waals surface area contributed by atoms with Crippen molar-refractivity contribution in [2.75, 3.05) is 6.61 Å². The number of hydrogen-bond donors (Lipinski definition) is 0. The fourth-order valence-electron chi connectivity index (χ4n) is 2.07. The van der Waals surface area contributed by atoms with Crippen LogP contribution in [-0.4, -0.2) is 24.1 Å². The minimum Gasteiger partial charge on any atom is -0.462 e. The van der Waals surface area contributed by atoms with Gasteiger partial charge in [-0.15, -0.1) is 0 Å². The van der Waals surface area contributed by atoms with Gasteiger partial charge in [0.25, 0.3) is 0 Å². The molecule has 0 saturated carbocycles. The lowest BCUT2D eigenvalue weighted by molar-refractivity contribution is -0.167. The fourth-order valence-corrected chi connectivity index (χ4v) is 2.07. The minimum atomic E-state index is -0.520. The average molecular weight is 298 g/mol. The van der Waals surface area contributed by atoms with Gasteiger partial charge in [-0.05, 0) is 31.6 Å². The summed E-state index contributed by atoms with van der Waals surface area (Å²) in [5.74, 6) is -0.618. The van der Waals surface area contributed by atoms with Gasteiger partial charge in [-0.2, -0.15) is 0 Å². The number of hydrogen-bond acceptors (Lipinski definition) is 4. The van der Waals surface area contributed by atoms with Gasteiger partial charge in [0.1, 0.15) is 12.2 Å². The predicted molar refractivity (Wildman–Crippen MR) is 83.8 cm³/mol. The molecule has 0 amide bonds. The van der Waals surface area contributed by atoms with Gasteiger partial charge >= 0.3 is 11.9 Å². The van der Waals surface area contributed by atoms with Gasteiger partial charge in [-0.25, -0.2) is 4.79 Å². The van der Waals surface area contributed by atoms with Crippen LogP contribution in [0.4, 0.5) is 0 Å². The highest BCUT2D eigenvalue weighted by Crippen LogP contribution is 2.35. The van der Waals surface area contributed by atoms with E-state index in [0.717, 1.165) is 6.42 Å². The Balaban J connectivity index is 4.50. The summed E-state index contributed by atoms with van der Waals surface area (Å²) >= 11 is 0. The lowest BCUT2D eigenvalue weighted by Crippen LogP contribution is -2.41. The van der Waals surface area contributed by atoms with Gasteiger partial charge in [0.15, 0.2) is 0 Å². The molecular formula is C17H30O4. The molecular weight excluding hydrogens is 268 g/mol. The zero-order valence-electron chi connectivity index (χ0n) is 14.5. The number of carbonyl (C=O) groups is 2. The van der Waals surface area contributed by atoms with Gasteiger partial charge in [-0.3, -0.25) is 4.79 Å². The molecule has 0 rings (SSSR count). The Kier molecular flexibility index (Phi) is 7.14. The molecule has 4 heteroatoms. The summed E-state index contributed by atoms with van der Waals surface area (Å²) in [7, 11) is 0. The molecule has 0 bridgehead atoms. The van der Waals surface area contributed by atoms with E-state index in [1.165, 1.54) is 0 Å². The first kappa shape index (κ1) is 19.7. The van der Waals surface area contributed by atoms with Crippen LogP contribution in [0.5, 0.6) is 0 Å². The molecule has 1 unspecified atom stereocenters. The lowest BCUT2D eigenvalue weighted by atomic mass is 9.77. The van der Waals surface area contributed by atoms with Gasteiger partial charge in [0.2, 0.25) is 0 Å². The van der Waals surface area contributed by atoms with Gasteiger partial charge in [0, 0.05) is 5.57 Å². The molecule has 0 spiro atoms. The van der Waals surface area contributed by atoms with Gasteiger partial charge in [-0.1, -0.05) is 41.2 Å². The first-order chi connectivity index (χ1) is 9.37. The number of carbonyl (C=O) groups excluding carboxylic acids is 2. The zero-order chi connectivity index (χ0) is 16.8. The standard InChI is InChI=1S/C17H30O4/c1-12(2)15(19)20-10-9-14(18)21-17(8,13(3)4)11-16(5,6)7/h13H,1,9-11H2,2-8H3. The number of esters is 2. The van der Waals surface area contributed by atoms with Crippen LogP contribution < -0.4 is 0 Å². The molecule has 0 aliphatic heterocycles. The molecule has 122 valence electrons. The van der Waals surface area contributed by atoms with Crippen molar-refractivity contribution in [3.8, 4) is 0 Å². The predicted octanol–water partition coefficient (Wildman–Crippen LogP) is 3.89. The maximum absolute atomic E-state index is 12.0. The highest BCUT2D eigenvalue weighted by molar-refractivity contribution is 5.87. The van der Waals surface area contributed by atoms with E-state index in [9.17, 15) is 9.59 Å². The summed E-state index contributed by atoms with van der Waals surface area (Å²) in [6, 6.07) is 0. The smallest absolute Gasteiger partial charge is 0.333 e. The third kappa shape index (κ3) is 7.88. The summed E-state index contributed by atoms with van der Waals surface area (Å²) in [6.45, 7) is 17.5. The van der Waals surface area contributed by atoms with E-state index in [2.05, 4.69) is 27.4 Å². The summed E-state index contributed by atoms with van der Waals surface area (Å²) in [6.07, 6.45) is 0.834. The Morgan fingerprint density at radius 1 is 1.14 bits per heavy atom. The Bertz CT molecular complexity index is 390. The van der Waals surface area contributed by atoms with Crippen LogP contribution in [0.2, 0.25) is 0 Å². The van der Waals surface area contributed by atoms with E-state index in [4.69, 9.17) is 9.47 Å². The molecule has 0 radical (unpaired) electrons. The van der Waals surface area contributed by atoms with Crippen molar-refractivity contribution in [2.45, 2.75) is 66.9 Å². The first-order valence-electron chi connectivity index (χ1n) is 7.42. The van der Waals surface area contributed by atoms with E-state index in [1.54, 1.807) is 6.92 Å². The molecule has 4 nitrogen and oxygen atoms in total. The topological polar surface area (TPSA) is 52.6 Å². The zero-order valence-corrected chi connectivity index (χ0v) is 14.5. The third-order valence-electron chi connectivity index (χ3n) is 3.34. The van der Waals surface area contributed by atoms with Gasteiger partial charge in [0.05, 0.1) is 6.42 Å². The Labute approximate surface area is 128 Å². The van der Waals surface area contributed by atoms with Crippen LogP contribution in [-0.2, 0) is 19.1 Å². The molecule has 0 fully saturated rings. The molecule has 0 N–H and O–H groups in total. The highest BCUT2D eigenvalue weighted by atomic mass is 16.6. The molecule has 1 atom stereocenters. The maximum atomic E-state index is 12.0. The van der Waals surface area contributed by atoms with Crippen molar-refractivity contribution in [3.63, 3.8) is 0 Å². The molecule has 0 heterocycles. The van der Waals surface area contributed by atoms with Crippen LogP contribution in [0.15, 0.2) is 12.2 Å². The van der Waals surface area contributed by atoms with Crippen LogP contribution in [0.25, 0.3) is 0 Å². The number of ether oxygens (including phenoxy) is 2. The van der Waals surface area contributed by atoms with E-state index >= 15 is 0 Å². The van der Waals surface area contributed by atoms with Crippen LogP contribution in [0.3, 0.4) is 0 Å². The molecule has 21 heavy (non-hydrogen) atoms. The highest BCUT2D eigenvalue weighted by Gasteiger charge is 2.36. The van der Waals surface area contributed by atoms with Crippen molar-refractivity contribution in [3.05, 3.63) is 12.2 Å². The molecule has 0 aromatic rings. The molecule has 0 saturated heterocycles. The number of rotatable bonds is 7. The largest absolute Gasteiger partial charge is 0.462 e. The summed E-state index contributed by atoms with van der Waals surface area (Å²) in [4.78, 5) is 23.2. The summed E-state index contributed by atoms with van der Waals surface area (Å²) < 4.78 is 10.6. The summed E-state index contributed by atoms with van der Waals surface area (Å²) in [5, 5.41) is 0. The quantitative estimate of drug-likeness (QED) is 0.528. The molecule has 0 aromatic carbocycles. The Morgan fingerprint density at radius 2 is 1.67 bits per heavy atom. The second-order valence-electron chi connectivity index (χ2n) is 7.35. The lowest BCUT2D eigenvalue weighted by Gasteiger charge is -2.38. The molecule has 0 aliphatic carbocycles. The van der Waals surface area contributed by atoms with Crippen LogP contribution >= 0.6 is 0 Å². The van der Waals surface area contributed by atoms with Crippen molar-refractivity contribution in [2.24, 2.45) is 11.3 Å². The SMILES string of the molecule is C=C(C)C(=O)OCCC(=O)OC(C)(CC(C)(C)C)C(C)C. The maximum Gasteiger partial charge on any atom is 0.333 e. The van der Waals surface area contributed by atoms with Crippen molar-refractivity contribution >= 4 is 11.9 Å². The van der Waals surface area contributed by atoms with E-state index in [1.807, 2.05) is 20.8 Å². The second kappa shape index (κ2) is 7.62. The van der Waals surface area contributed by atoms with Crippen LogP contribution in [0.1, 0.15) is 61.3 Å². The van der Waals surface area contributed by atoms with E-state index < -0.39 is 11.6 Å². The summed E-state index contributed by atoms with van der Waals surface area (Å²) in [5.41, 5.74) is -0.137.